The minimum atomic E-state index is -0.467. The van der Waals surface area contributed by atoms with Crippen LogP contribution < -0.4 is 14.2 Å². The van der Waals surface area contributed by atoms with Crippen LogP contribution in [-0.4, -0.2) is 20.2 Å². The van der Waals surface area contributed by atoms with Crippen LogP contribution in [0, 0.1) is 6.92 Å². The third-order valence-electron chi connectivity index (χ3n) is 3.17. The van der Waals surface area contributed by atoms with Crippen LogP contribution in [0.25, 0.3) is 6.08 Å². The summed E-state index contributed by atoms with van der Waals surface area (Å²) >= 11 is 5.87. The third-order valence-corrected chi connectivity index (χ3v) is 3.40. The van der Waals surface area contributed by atoms with E-state index in [1.165, 1.54) is 6.08 Å². The first kappa shape index (κ1) is 16.9. The molecule has 4 nitrogen and oxygen atoms in total. The molecule has 0 fully saturated rings. The van der Waals surface area contributed by atoms with E-state index in [-0.39, 0.29) is 0 Å². The molecule has 0 heterocycles. The predicted octanol–water partition coefficient (Wildman–Crippen LogP) is 4.28. The van der Waals surface area contributed by atoms with Crippen molar-refractivity contribution >= 4 is 23.6 Å². The van der Waals surface area contributed by atoms with Gasteiger partial charge in [0.1, 0.15) is 5.75 Å². The smallest absolute Gasteiger partial charge is 0.336 e. The molecule has 0 aromatic heterocycles. The molecule has 0 spiro atoms. The van der Waals surface area contributed by atoms with E-state index in [0.29, 0.717) is 22.3 Å². The summed E-state index contributed by atoms with van der Waals surface area (Å²) in [7, 11) is 3.13. The lowest BCUT2D eigenvalue weighted by atomic mass is 10.2. The summed E-state index contributed by atoms with van der Waals surface area (Å²) in [6.45, 7) is 1.83. The minimum absolute atomic E-state index is 0.467. The highest BCUT2D eigenvalue weighted by Gasteiger charge is 2.06. The summed E-state index contributed by atoms with van der Waals surface area (Å²) in [5.74, 6) is 1.24. The number of benzene rings is 2. The molecule has 0 atom stereocenters. The molecule has 0 N–H and O–H groups in total. The molecular formula is C18H17ClO4. The van der Waals surface area contributed by atoms with Crippen LogP contribution in [0.3, 0.4) is 0 Å². The van der Waals surface area contributed by atoms with Crippen LogP contribution in [0.4, 0.5) is 0 Å². The zero-order valence-corrected chi connectivity index (χ0v) is 13.9. The number of methoxy groups -OCH3 is 2. The second-order valence-electron chi connectivity index (χ2n) is 4.78. The fraction of sp³-hybridized carbons (Fsp3) is 0.167. The van der Waals surface area contributed by atoms with Crippen LogP contribution in [0.15, 0.2) is 42.5 Å². The minimum Gasteiger partial charge on any atom is -0.493 e. The Labute approximate surface area is 140 Å². The molecule has 0 aliphatic rings. The third kappa shape index (κ3) is 4.50. The molecule has 0 aliphatic heterocycles. The van der Waals surface area contributed by atoms with E-state index in [1.54, 1.807) is 50.6 Å². The Morgan fingerprint density at radius 1 is 1.00 bits per heavy atom. The van der Waals surface area contributed by atoms with Crippen LogP contribution in [-0.2, 0) is 4.79 Å². The predicted molar refractivity (Wildman–Crippen MR) is 90.4 cm³/mol. The monoisotopic (exact) mass is 332 g/mol. The number of halogens is 1. The van der Waals surface area contributed by atoms with Crippen molar-refractivity contribution in [3.05, 3.63) is 58.6 Å². The van der Waals surface area contributed by atoms with Crippen molar-refractivity contribution in [2.45, 2.75) is 6.92 Å². The highest BCUT2D eigenvalue weighted by atomic mass is 35.5. The van der Waals surface area contributed by atoms with Crippen molar-refractivity contribution < 1.29 is 19.0 Å². The van der Waals surface area contributed by atoms with Crippen LogP contribution in [0.1, 0.15) is 11.1 Å². The Balaban J connectivity index is 2.09. The van der Waals surface area contributed by atoms with E-state index in [0.717, 1.165) is 11.1 Å². The molecule has 0 saturated carbocycles. The van der Waals surface area contributed by atoms with Gasteiger partial charge in [-0.1, -0.05) is 17.7 Å². The van der Waals surface area contributed by atoms with E-state index in [9.17, 15) is 4.79 Å². The number of carbonyl (C=O) groups excluding carboxylic acids is 1. The lowest BCUT2D eigenvalue weighted by molar-refractivity contribution is -0.128. The molecule has 23 heavy (non-hydrogen) atoms. The summed E-state index contributed by atoms with van der Waals surface area (Å²) in [5, 5.41) is 0.600. The SMILES string of the molecule is COc1ccc(/C=C/C(=O)Oc2ccc(Cl)cc2C)cc1OC. The van der Waals surface area contributed by atoms with Gasteiger partial charge in [-0.2, -0.15) is 0 Å². The fourth-order valence-corrected chi connectivity index (χ4v) is 2.22. The van der Waals surface area contributed by atoms with Crippen LogP contribution in [0.2, 0.25) is 5.02 Å². The number of ether oxygens (including phenoxy) is 3. The number of carbonyl (C=O) groups is 1. The van der Waals surface area contributed by atoms with Gasteiger partial charge in [0.2, 0.25) is 0 Å². The van der Waals surface area contributed by atoms with Gasteiger partial charge in [0.05, 0.1) is 14.2 Å². The summed E-state index contributed by atoms with van der Waals surface area (Å²) in [6.07, 6.45) is 3.00. The van der Waals surface area contributed by atoms with Gasteiger partial charge in [-0.3, -0.25) is 0 Å². The van der Waals surface area contributed by atoms with Gasteiger partial charge in [-0.25, -0.2) is 4.79 Å². The van der Waals surface area contributed by atoms with Gasteiger partial charge >= 0.3 is 5.97 Å². The Bertz CT molecular complexity index is 738. The topological polar surface area (TPSA) is 44.8 Å². The summed E-state index contributed by atoms with van der Waals surface area (Å²) in [6, 6.07) is 10.4. The zero-order valence-electron chi connectivity index (χ0n) is 13.1. The Morgan fingerprint density at radius 3 is 2.35 bits per heavy atom. The first-order valence-electron chi connectivity index (χ1n) is 6.91. The number of hydrogen-bond acceptors (Lipinski definition) is 4. The molecule has 0 bridgehead atoms. The second kappa shape index (κ2) is 7.70. The normalized spacial score (nSPS) is 10.6. The Hall–Kier alpha value is -2.46. The maximum Gasteiger partial charge on any atom is 0.336 e. The molecule has 0 saturated heterocycles. The highest BCUT2D eigenvalue weighted by molar-refractivity contribution is 6.30. The fourth-order valence-electron chi connectivity index (χ4n) is 1.99. The molecular weight excluding hydrogens is 316 g/mol. The van der Waals surface area contributed by atoms with Crippen LogP contribution in [0.5, 0.6) is 17.2 Å². The zero-order chi connectivity index (χ0) is 16.8. The Kier molecular flexibility index (Phi) is 5.66. The molecule has 0 amide bonds. The molecule has 5 heteroatoms. The summed E-state index contributed by atoms with van der Waals surface area (Å²) in [5.41, 5.74) is 1.60. The average molecular weight is 333 g/mol. The van der Waals surface area contributed by atoms with E-state index in [4.69, 9.17) is 25.8 Å². The van der Waals surface area contributed by atoms with E-state index in [1.807, 2.05) is 13.0 Å². The standard InChI is InChI=1S/C18H17ClO4/c1-12-10-14(19)6-8-15(12)23-18(20)9-5-13-4-7-16(21-2)17(11-13)22-3/h4-11H,1-3H3/b9-5+. The van der Waals surface area contributed by atoms with Gasteiger partial charge in [0, 0.05) is 11.1 Å². The maximum absolute atomic E-state index is 11.9. The highest BCUT2D eigenvalue weighted by Crippen LogP contribution is 2.28. The van der Waals surface area contributed by atoms with Gasteiger partial charge in [-0.15, -0.1) is 0 Å². The molecule has 2 rings (SSSR count). The summed E-state index contributed by atoms with van der Waals surface area (Å²) < 4.78 is 15.7. The van der Waals surface area contributed by atoms with E-state index >= 15 is 0 Å². The van der Waals surface area contributed by atoms with E-state index < -0.39 is 5.97 Å². The van der Waals surface area contributed by atoms with Crippen molar-refractivity contribution in [1.29, 1.82) is 0 Å². The van der Waals surface area contributed by atoms with Crippen molar-refractivity contribution in [2.75, 3.05) is 14.2 Å². The van der Waals surface area contributed by atoms with Crippen molar-refractivity contribution in [1.82, 2.24) is 0 Å². The largest absolute Gasteiger partial charge is 0.493 e. The number of hydrogen-bond donors (Lipinski definition) is 0. The first-order valence-corrected chi connectivity index (χ1v) is 7.29. The molecule has 0 radical (unpaired) electrons. The van der Waals surface area contributed by atoms with Crippen molar-refractivity contribution in [3.8, 4) is 17.2 Å². The number of aryl methyl sites for hydroxylation is 1. The van der Waals surface area contributed by atoms with E-state index in [2.05, 4.69) is 0 Å². The van der Waals surface area contributed by atoms with Crippen LogP contribution >= 0.6 is 11.6 Å². The lowest BCUT2D eigenvalue weighted by Gasteiger charge is -2.07. The van der Waals surface area contributed by atoms with Gasteiger partial charge in [0.25, 0.3) is 0 Å². The van der Waals surface area contributed by atoms with Gasteiger partial charge < -0.3 is 14.2 Å². The molecule has 2 aromatic rings. The molecule has 120 valence electrons. The Morgan fingerprint density at radius 2 is 1.70 bits per heavy atom. The number of rotatable bonds is 5. The van der Waals surface area contributed by atoms with Crippen molar-refractivity contribution in [3.63, 3.8) is 0 Å². The average Bonchev–Trinajstić information content (AvgIpc) is 2.55. The lowest BCUT2D eigenvalue weighted by Crippen LogP contribution is -2.04. The van der Waals surface area contributed by atoms with Crippen molar-refractivity contribution in [2.24, 2.45) is 0 Å². The second-order valence-corrected chi connectivity index (χ2v) is 5.22. The molecule has 0 aliphatic carbocycles. The quantitative estimate of drug-likeness (QED) is 0.465. The first-order chi connectivity index (χ1) is 11.0. The maximum atomic E-state index is 11.9. The molecule has 0 unspecified atom stereocenters. The van der Waals surface area contributed by atoms with Gasteiger partial charge in [0.15, 0.2) is 11.5 Å². The van der Waals surface area contributed by atoms with Gasteiger partial charge in [-0.05, 0) is 54.5 Å². The molecule has 2 aromatic carbocycles. The number of esters is 1. The summed E-state index contributed by atoms with van der Waals surface area (Å²) in [4.78, 5) is 11.9.